The number of thiophene rings is 1. The highest BCUT2D eigenvalue weighted by atomic mass is 32.1. The Morgan fingerprint density at radius 1 is 0.443 bits per heavy atom. The van der Waals surface area contributed by atoms with Crippen LogP contribution in [0.15, 0.2) is 109 Å². The molecule has 5 heterocycles. The van der Waals surface area contributed by atoms with Crippen LogP contribution < -0.4 is 44.5 Å². The van der Waals surface area contributed by atoms with Crippen LogP contribution in [-0.2, 0) is 38.1 Å². The van der Waals surface area contributed by atoms with E-state index in [9.17, 15) is 44.4 Å². The van der Waals surface area contributed by atoms with E-state index in [2.05, 4.69) is 5.32 Å². The van der Waals surface area contributed by atoms with Gasteiger partial charge in [0, 0.05) is 137 Å². The second-order valence-electron chi connectivity index (χ2n) is 21.9. The van der Waals surface area contributed by atoms with Gasteiger partial charge in [0.2, 0.25) is 0 Å². The van der Waals surface area contributed by atoms with Gasteiger partial charge in [-0.05, 0) is 135 Å². The number of benzene rings is 4. The summed E-state index contributed by atoms with van der Waals surface area (Å²) >= 11 is 1.43. The van der Waals surface area contributed by atoms with Gasteiger partial charge in [-0.15, -0.1) is 11.3 Å². The predicted octanol–water partition coefficient (Wildman–Crippen LogP) is 5.42. The SMILES string of the molecule is CC[C@H](O)CN(C)c1ccc(N2CCOCC2=O)cc1.CC[C@H](O)CN(C)c1ccc(N2CCOCC2=O)cc1.CC[C@H](O)CN(C)c1ccc(N2CCOCC2=O)cc1.Cc1ccc(C(=O)NC[C@H](O)CN(C)c2ccc(N3CCOCC3=O)cc2)s1. The molecule has 5 N–H and O–H groups in total. The molecular weight excluding hydrogens is 1150 g/mol. The maximum Gasteiger partial charge on any atom is 0.261 e. The first-order valence-corrected chi connectivity index (χ1v) is 30.9. The number of carbonyl (C=O) groups excluding carboxylic acids is 5. The number of carbonyl (C=O) groups is 5. The lowest BCUT2D eigenvalue weighted by Crippen LogP contribution is -2.41. The average Bonchev–Trinajstić information content (AvgIpc) is 4.18. The van der Waals surface area contributed by atoms with Crippen LogP contribution in [-0.4, -0.2) is 214 Å². The van der Waals surface area contributed by atoms with Crippen LogP contribution in [0.1, 0.15) is 54.6 Å². The lowest BCUT2D eigenvalue weighted by atomic mass is 10.2. The van der Waals surface area contributed by atoms with Crippen LogP contribution >= 0.6 is 11.3 Å². The molecule has 9 rings (SSSR count). The van der Waals surface area contributed by atoms with Crippen LogP contribution in [0.3, 0.4) is 0 Å². The molecule has 88 heavy (non-hydrogen) atoms. The zero-order valence-electron chi connectivity index (χ0n) is 52.3. The number of nitrogens with one attached hydrogen (secondary N) is 1. The van der Waals surface area contributed by atoms with Crippen molar-refractivity contribution in [3.8, 4) is 0 Å². The van der Waals surface area contributed by atoms with Crippen LogP contribution in [0.4, 0.5) is 45.5 Å². The van der Waals surface area contributed by atoms with Gasteiger partial charge in [0.05, 0.1) is 55.7 Å². The van der Waals surface area contributed by atoms with Gasteiger partial charge in [0.1, 0.15) is 26.4 Å². The zero-order valence-corrected chi connectivity index (χ0v) is 53.1. The highest BCUT2D eigenvalue weighted by Crippen LogP contribution is 2.26. The number of morpholine rings is 4. The molecule has 22 nitrogen and oxygen atoms in total. The van der Waals surface area contributed by atoms with Gasteiger partial charge in [-0.2, -0.15) is 0 Å². The minimum atomic E-state index is -0.699. The monoisotopic (exact) mass is 1240 g/mol. The molecule has 4 fully saturated rings. The largest absolute Gasteiger partial charge is 0.391 e. The summed E-state index contributed by atoms with van der Waals surface area (Å²) in [6.07, 6.45) is 0.567. The fourth-order valence-corrected chi connectivity index (χ4v) is 10.5. The number of rotatable bonds is 22. The summed E-state index contributed by atoms with van der Waals surface area (Å²) < 4.78 is 20.5. The van der Waals surface area contributed by atoms with E-state index in [-0.39, 0.29) is 80.8 Å². The normalized spacial score (nSPS) is 16.6. The van der Waals surface area contributed by atoms with Crippen molar-refractivity contribution in [2.45, 2.75) is 71.4 Å². The number of nitrogens with zero attached hydrogens (tertiary/aromatic N) is 8. The topological polar surface area (TPSA) is 241 Å². The Morgan fingerprint density at radius 2 is 0.705 bits per heavy atom. The van der Waals surface area contributed by atoms with Crippen molar-refractivity contribution in [1.29, 1.82) is 0 Å². The molecular formula is C65H91N9O13S. The third-order valence-corrected chi connectivity index (χ3v) is 16.2. The van der Waals surface area contributed by atoms with Gasteiger partial charge >= 0.3 is 0 Å². The second-order valence-corrected chi connectivity index (χ2v) is 23.2. The van der Waals surface area contributed by atoms with Gasteiger partial charge < -0.3 is 83.9 Å². The van der Waals surface area contributed by atoms with E-state index in [1.165, 1.54) is 11.3 Å². The standard InChI is InChI=1S/C20H25N3O4S.3C15H22N2O3/c1-14-3-8-18(28-14)20(26)21-11-17(24)12-22(2)15-4-6-16(7-5-15)23-9-10-27-13-19(23)25;3*1-3-14(18)10-16(2)12-4-6-13(7-5-12)17-8-9-20-11-15(17)19/h3-8,17,24H,9-13H2,1-2H3,(H,21,26);3*4-7,14,18H,3,8-11H2,1-2H3/t17-;3*14-/m0000/s1. The Kier molecular flexibility index (Phi) is 28.4. The minimum absolute atomic E-state index is 0.00115. The molecule has 5 aromatic rings. The number of aliphatic hydroxyl groups excluding tert-OH is 4. The van der Waals surface area contributed by atoms with Crippen molar-refractivity contribution >= 4 is 86.4 Å². The smallest absolute Gasteiger partial charge is 0.261 e. The van der Waals surface area contributed by atoms with Crippen LogP contribution in [0.25, 0.3) is 0 Å². The molecule has 0 aliphatic carbocycles. The van der Waals surface area contributed by atoms with Gasteiger partial charge in [-0.25, -0.2) is 0 Å². The number of amides is 5. The molecule has 0 spiro atoms. The Hall–Kier alpha value is -7.19. The van der Waals surface area contributed by atoms with Crippen LogP contribution in [0.5, 0.6) is 0 Å². The van der Waals surface area contributed by atoms with E-state index in [4.69, 9.17) is 18.9 Å². The van der Waals surface area contributed by atoms with Gasteiger partial charge in [0.15, 0.2) is 0 Å². The molecule has 480 valence electrons. The quantitative estimate of drug-likeness (QED) is 0.0582. The van der Waals surface area contributed by atoms with Crippen molar-refractivity contribution < 1.29 is 63.3 Å². The van der Waals surface area contributed by atoms with Crippen molar-refractivity contribution in [1.82, 2.24) is 5.32 Å². The predicted molar refractivity (Wildman–Crippen MR) is 348 cm³/mol. The fraction of sp³-hybridized carbons (Fsp3) is 0.492. The van der Waals surface area contributed by atoms with E-state index < -0.39 is 6.10 Å². The summed E-state index contributed by atoms with van der Waals surface area (Å²) in [5.41, 5.74) is 7.53. The zero-order chi connectivity index (χ0) is 63.7. The van der Waals surface area contributed by atoms with Gasteiger partial charge in [-0.3, -0.25) is 24.0 Å². The maximum absolute atomic E-state index is 12.1. The van der Waals surface area contributed by atoms with Crippen molar-refractivity contribution in [2.75, 3.05) is 179 Å². The number of anilines is 8. The highest BCUT2D eigenvalue weighted by molar-refractivity contribution is 7.13. The summed E-state index contributed by atoms with van der Waals surface area (Å²) in [7, 11) is 7.73. The van der Waals surface area contributed by atoms with E-state index in [1.54, 1.807) is 25.7 Å². The molecule has 5 amide bonds. The Labute approximate surface area is 522 Å². The molecule has 0 radical (unpaired) electrons. The van der Waals surface area contributed by atoms with Gasteiger partial charge in [0.25, 0.3) is 29.5 Å². The lowest BCUT2D eigenvalue weighted by molar-refractivity contribution is -0.126. The Balaban J connectivity index is 0.000000190. The highest BCUT2D eigenvalue weighted by Gasteiger charge is 2.24. The molecule has 4 saturated heterocycles. The maximum atomic E-state index is 12.1. The first-order valence-electron chi connectivity index (χ1n) is 30.1. The minimum Gasteiger partial charge on any atom is -0.391 e. The number of ether oxygens (including phenoxy) is 4. The summed E-state index contributed by atoms with van der Waals surface area (Å²) in [5, 5.41) is 42.0. The summed E-state index contributed by atoms with van der Waals surface area (Å²) in [6, 6.07) is 34.8. The molecule has 4 aliphatic heterocycles. The molecule has 4 atom stereocenters. The van der Waals surface area contributed by atoms with E-state index in [0.717, 1.165) is 69.6 Å². The van der Waals surface area contributed by atoms with Crippen molar-refractivity contribution in [3.05, 3.63) is 119 Å². The number of likely N-dealkylation sites (N-methyl/N-ethyl adjacent to an activating group) is 4. The molecule has 0 saturated carbocycles. The Morgan fingerprint density at radius 3 is 0.932 bits per heavy atom. The molecule has 4 aliphatic rings. The molecule has 0 bridgehead atoms. The first-order chi connectivity index (χ1) is 42.3. The first kappa shape index (κ1) is 69.9. The lowest BCUT2D eigenvalue weighted by Gasteiger charge is -2.28. The number of aryl methyl sites for hydroxylation is 1. The summed E-state index contributed by atoms with van der Waals surface area (Å²) in [6.45, 7) is 15.4. The van der Waals surface area contributed by atoms with Crippen LogP contribution in [0.2, 0.25) is 0 Å². The van der Waals surface area contributed by atoms with Crippen LogP contribution in [0, 0.1) is 6.92 Å². The molecule has 0 unspecified atom stereocenters. The third kappa shape index (κ3) is 21.5. The van der Waals surface area contributed by atoms with E-state index in [0.29, 0.717) is 83.7 Å². The molecule has 4 aromatic carbocycles. The molecule has 1 aromatic heterocycles. The molecule has 23 heteroatoms. The third-order valence-electron chi connectivity index (χ3n) is 15.2. The van der Waals surface area contributed by atoms with Gasteiger partial charge in [-0.1, -0.05) is 20.8 Å². The number of hydrogen-bond donors (Lipinski definition) is 5. The fourth-order valence-electron chi connectivity index (χ4n) is 9.70. The van der Waals surface area contributed by atoms with Crippen molar-refractivity contribution in [3.63, 3.8) is 0 Å². The van der Waals surface area contributed by atoms with E-state index >= 15 is 0 Å². The van der Waals surface area contributed by atoms with Crippen molar-refractivity contribution in [2.24, 2.45) is 0 Å². The Bertz CT molecular complexity index is 2730. The second kappa shape index (κ2) is 35.7. The number of hydrogen-bond acceptors (Lipinski definition) is 18. The number of aliphatic hydroxyl groups is 4. The summed E-state index contributed by atoms with van der Waals surface area (Å²) in [4.78, 5) is 75.9. The average molecular weight is 1240 g/mol. The summed E-state index contributed by atoms with van der Waals surface area (Å²) in [5.74, 6) is -0.213. The van der Waals surface area contributed by atoms with E-state index in [1.807, 2.05) is 179 Å².